The van der Waals surface area contributed by atoms with Crippen LogP contribution in [0.25, 0.3) is 0 Å². The zero-order chi connectivity index (χ0) is 24.2. The lowest BCUT2D eigenvalue weighted by Crippen LogP contribution is -2.35. The van der Waals surface area contributed by atoms with Gasteiger partial charge in [0, 0.05) is 24.5 Å². The molecule has 1 aromatic heterocycles. The fraction of sp³-hybridized carbons (Fsp3) is 0.217. The number of carbonyl (C=O) groups excluding carboxylic acids is 1. The van der Waals surface area contributed by atoms with E-state index in [0.717, 1.165) is 16.7 Å². The van der Waals surface area contributed by atoms with E-state index in [1.54, 1.807) is 24.3 Å². The van der Waals surface area contributed by atoms with E-state index >= 15 is 0 Å². The maximum atomic E-state index is 13.5. The number of aryl methyl sites for hydroxylation is 2. The Morgan fingerprint density at radius 1 is 1.00 bits per heavy atom. The topological polar surface area (TPSA) is 79.4 Å². The van der Waals surface area contributed by atoms with E-state index in [-0.39, 0.29) is 23.8 Å². The second-order valence-electron chi connectivity index (χ2n) is 7.52. The summed E-state index contributed by atoms with van der Waals surface area (Å²) in [5.41, 5.74) is 3.23. The van der Waals surface area contributed by atoms with Crippen molar-refractivity contribution < 1.29 is 13.2 Å². The normalized spacial score (nSPS) is 11.3. The lowest BCUT2D eigenvalue weighted by molar-refractivity contribution is -0.121. The summed E-state index contributed by atoms with van der Waals surface area (Å²) in [7, 11) is -3.90. The van der Waals surface area contributed by atoms with Gasteiger partial charge in [-0.3, -0.25) is 9.10 Å². The highest BCUT2D eigenvalue weighted by molar-refractivity contribution is 9.11. The van der Waals surface area contributed by atoms with Gasteiger partial charge in [-0.05, 0) is 111 Å². The Morgan fingerprint density at radius 2 is 1.58 bits per heavy atom. The molecule has 0 fully saturated rings. The summed E-state index contributed by atoms with van der Waals surface area (Å²) in [5, 5.41) is 3.28. The van der Waals surface area contributed by atoms with Crippen LogP contribution in [0.1, 0.15) is 23.1 Å². The van der Waals surface area contributed by atoms with Crippen molar-refractivity contribution in [1.29, 1.82) is 0 Å². The average molecular weight is 616 g/mol. The Kier molecular flexibility index (Phi) is 8.55. The van der Waals surface area contributed by atoms with Crippen LogP contribution in [0.4, 0.5) is 5.69 Å². The Hall–Kier alpha value is -1.94. The molecule has 0 unspecified atom stereocenters. The monoisotopic (exact) mass is 613 g/mol. The number of aromatic nitrogens is 1. The number of nitrogens with zero attached hydrogens (tertiary/aromatic N) is 2. The van der Waals surface area contributed by atoms with Gasteiger partial charge in [0.25, 0.3) is 10.0 Å². The molecular formula is C23H22Br2ClN3O3S. The highest BCUT2D eigenvalue weighted by Crippen LogP contribution is 2.27. The number of halogens is 3. The summed E-state index contributed by atoms with van der Waals surface area (Å²) < 4.78 is 29.5. The van der Waals surface area contributed by atoms with E-state index in [2.05, 4.69) is 42.2 Å². The molecule has 0 spiro atoms. The fourth-order valence-electron chi connectivity index (χ4n) is 3.32. The largest absolute Gasteiger partial charge is 0.352 e. The van der Waals surface area contributed by atoms with Crippen LogP contribution in [-0.2, 0) is 21.4 Å². The van der Waals surface area contributed by atoms with Crippen LogP contribution < -0.4 is 9.62 Å². The standard InChI is InChI=1S/C23H22Br2ClN3O3S/c1-15-9-16(2)11-19(10-15)29(33(31,32)20-5-3-18(26)4-6-20)8-7-23(30)27-14-17-12-21(24)28-22(25)13-17/h3-6,9-13H,7-8,14H2,1-2H3,(H,27,30). The number of anilines is 1. The van der Waals surface area contributed by atoms with Crippen molar-refractivity contribution in [1.82, 2.24) is 10.3 Å². The van der Waals surface area contributed by atoms with E-state index in [0.29, 0.717) is 26.5 Å². The first kappa shape index (κ1) is 25.7. The molecule has 1 amide bonds. The lowest BCUT2D eigenvalue weighted by atomic mass is 10.1. The van der Waals surface area contributed by atoms with Crippen LogP contribution in [0.3, 0.4) is 0 Å². The number of benzene rings is 2. The molecule has 0 atom stereocenters. The van der Waals surface area contributed by atoms with Gasteiger partial charge in [0.1, 0.15) is 9.21 Å². The number of sulfonamides is 1. The molecular weight excluding hydrogens is 594 g/mol. The third-order valence-electron chi connectivity index (χ3n) is 4.75. The second-order valence-corrected chi connectivity index (χ2v) is 11.4. The molecule has 6 nitrogen and oxygen atoms in total. The number of amides is 1. The third-order valence-corrected chi connectivity index (χ3v) is 7.66. The smallest absolute Gasteiger partial charge is 0.264 e. The zero-order valence-electron chi connectivity index (χ0n) is 18.0. The van der Waals surface area contributed by atoms with Crippen LogP contribution in [0.15, 0.2) is 68.7 Å². The molecule has 2 aromatic carbocycles. The van der Waals surface area contributed by atoms with Gasteiger partial charge in [0.2, 0.25) is 5.91 Å². The molecule has 3 aromatic rings. The predicted molar refractivity (Wildman–Crippen MR) is 138 cm³/mol. The van der Waals surface area contributed by atoms with Crippen molar-refractivity contribution >= 4 is 65.1 Å². The minimum atomic E-state index is -3.90. The number of rotatable bonds is 8. The van der Waals surface area contributed by atoms with E-state index in [1.165, 1.54) is 28.6 Å². The van der Waals surface area contributed by atoms with Gasteiger partial charge >= 0.3 is 0 Å². The minimum Gasteiger partial charge on any atom is -0.352 e. The third kappa shape index (κ3) is 7.02. The number of carbonyl (C=O) groups is 1. The fourth-order valence-corrected chi connectivity index (χ4v) is 6.11. The number of pyridine rings is 1. The van der Waals surface area contributed by atoms with Gasteiger partial charge in [0.05, 0.1) is 10.6 Å². The second kappa shape index (κ2) is 11.0. The van der Waals surface area contributed by atoms with Crippen LogP contribution in [0, 0.1) is 13.8 Å². The van der Waals surface area contributed by atoms with Gasteiger partial charge in [0.15, 0.2) is 0 Å². The quantitative estimate of drug-likeness (QED) is 0.326. The van der Waals surface area contributed by atoms with E-state index < -0.39 is 10.0 Å². The highest BCUT2D eigenvalue weighted by Gasteiger charge is 2.26. The highest BCUT2D eigenvalue weighted by atomic mass is 79.9. The molecule has 0 aliphatic rings. The first-order valence-electron chi connectivity index (χ1n) is 10.00. The van der Waals surface area contributed by atoms with Gasteiger partial charge in [-0.15, -0.1) is 0 Å². The Bertz CT molecular complexity index is 1230. The Morgan fingerprint density at radius 3 is 2.15 bits per heavy atom. The van der Waals surface area contributed by atoms with Gasteiger partial charge < -0.3 is 5.32 Å². The molecule has 10 heteroatoms. The summed E-state index contributed by atoms with van der Waals surface area (Å²) in [6.45, 7) is 4.10. The van der Waals surface area contributed by atoms with Gasteiger partial charge in [-0.25, -0.2) is 13.4 Å². The van der Waals surface area contributed by atoms with Crippen molar-refractivity contribution in [2.75, 3.05) is 10.8 Å². The maximum Gasteiger partial charge on any atom is 0.264 e. The van der Waals surface area contributed by atoms with Crippen molar-refractivity contribution in [2.45, 2.75) is 31.7 Å². The molecule has 174 valence electrons. The van der Waals surface area contributed by atoms with Crippen LogP contribution in [-0.4, -0.2) is 25.9 Å². The average Bonchev–Trinajstić information content (AvgIpc) is 2.71. The molecule has 33 heavy (non-hydrogen) atoms. The molecule has 3 rings (SSSR count). The Balaban J connectivity index is 1.81. The SMILES string of the molecule is Cc1cc(C)cc(N(CCC(=O)NCc2cc(Br)nc(Br)c2)S(=O)(=O)c2ccc(Cl)cc2)c1. The molecule has 0 aliphatic heterocycles. The summed E-state index contributed by atoms with van der Waals surface area (Å²) in [5.74, 6) is -0.264. The van der Waals surface area contributed by atoms with E-state index in [1.807, 2.05) is 19.9 Å². The summed E-state index contributed by atoms with van der Waals surface area (Å²) in [4.78, 5) is 16.9. The van der Waals surface area contributed by atoms with E-state index in [4.69, 9.17) is 11.6 Å². The predicted octanol–water partition coefficient (Wildman–Crippen LogP) is 5.78. The van der Waals surface area contributed by atoms with Crippen LogP contribution >= 0.6 is 43.5 Å². The van der Waals surface area contributed by atoms with Crippen molar-refractivity contribution in [3.63, 3.8) is 0 Å². The number of nitrogens with one attached hydrogen (secondary N) is 1. The molecule has 1 heterocycles. The first-order valence-corrected chi connectivity index (χ1v) is 13.4. The summed E-state index contributed by atoms with van der Waals surface area (Å²) >= 11 is 12.6. The van der Waals surface area contributed by atoms with Crippen molar-refractivity contribution in [3.05, 3.63) is 85.5 Å². The number of hydrogen-bond donors (Lipinski definition) is 1. The molecule has 0 bridgehead atoms. The summed E-state index contributed by atoms with van der Waals surface area (Å²) in [6, 6.07) is 15.2. The van der Waals surface area contributed by atoms with Crippen molar-refractivity contribution in [3.8, 4) is 0 Å². The van der Waals surface area contributed by atoms with Crippen LogP contribution in [0.2, 0.25) is 5.02 Å². The van der Waals surface area contributed by atoms with E-state index in [9.17, 15) is 13.2 Å². The minimum absolute atomic E-state index is 0.00671. The van der Waals surface area contributed by atoms with Gasteiger partial charge in [-0.1, -0.05) is 17.7 Å². The number of hydrogen-bond acceptors (Lipinski definition) is 4. The first-order chi connectivity index (χ1) is 15.5. The molecule has 0 saturated carbocycles. The molecule has 0 aliphatic carbocycles. The van der Waals surface area contributed by atoms with Crippen LogP contribution in [0.5, 0.6) is 0 Å². The van der Waals surface area contributed by atoms with Gasteiger partial charge in [-0.2, -0.15) is 0 Å². The lowest BCUT2D eigenvalue weighted by Gasteiger charge is -2.25. The molecule has 0 saturated heterocycles. The zero-order valence-corrected chi connectivity index (χ0v) is 22.7. The van der Waals surface area contributed by atoms with Crippen molar-refractivity contribution in [2.24, 2.45) is 0 Å². The maximum absolute atomic E-state index is 13.5. The molecule has 0 radical (unpaired) electrons. The Labute approximate surface area is 215 Å². The molecule has 1 N–H and O–H groups in total. The summed E-state index contributed by atoms with van der Waals surface area (Å²) in [6.07, 6.45) is -0.00671.